The van der Waals surface area contributed by atoms with Crippen molar-refractivity contribution in [2.45, 2.75) is 0 Å². The van der Waals surface area contributed by atoms with Crippen molar-refractivity contribution in [3.63, 3.8) is 0 Å². The number of nitrogens with one attached hydrogen (secondary N) is 1. The summed E-state index contributed by atoms with van der Waals surface area (Å²) in [6.45, 7) is 0. The monoisotopic (exact) mass is 557 g/mol. The molecule has 1 aromatic heterocycles. The lowest BCUT2D eigenvalue weighted by atomic mass is 10.0. The van der Waals surface area contributed by atoms with Crippen LogP contribution in [0.5, 0.6) is 0 Å². The van der Waals surface area contributed by atoms with Crippen LogP contribution in [-0.2, 0) is 0 Å². The predicted molar refractivity (Wildman–Crippen MR) is 140 cm³/mol. The first-order chi connectivity index (χ1) is 16.1. The van der Waals surface area contributed by atoms with Crippen LogP contribution in [0.15, 0.2) is 106 Å². The second-order valence-corrected chi connectivity index (χ2v) is 9.26. The highest BCUT2D eigenvalue weighted by Gasteiger charge is 2.17. The minimum Gasteiger partial charge on any atom is -0.323 e. The Morgan fingerprint density at radius 3 is 2.15 bits per heavy atom. The van der Waals surface area contributed by atoms with Gasteiger partial charge in [-0.25, -0.2) is 9.97 Å². The third-order valence-corrected chi connectivity index (χ3v) is 6.20. The lowest BCUT2D eigenvalue weighted by Gasteiger charge is -2.14. The van der Waals surface area contributed by atoms with Gasteiger partial charge in [0, 0.05) is 31.0 Å². The molecule has 0 aliphatic heterocycles. The molecule has 5 aromatic rings. The first kappa shape index (κ1) is 21.5. The van der Waals surface area contributed by atoms with Gasteiger partial charge in [-0.3, -0.25) is 4.79 Å². The number of nitrogens with zero attached hydrogens (tertiary/aromatic N) is 2. The highest BCUT2D eigenvalue weighted by atomic mass is 79.9. The third kappa shape index (κ3) is 4.58. The minimum absolute atomic E-state index is 0.0765. The first-order valence-corrected chi connectivity index (χ1v) is 11.9. The summed E-state index contributed by atoms with van der Waals surface area (Å²) in [6, 6.07) is 30.7. The van der Waals surface area contributed by atoms with Crippen molar-refractivity contribution in [2.75, 3.05) is 5.32 Å². The van der Waals surface area contributed by atoms with Gasteiger partial charge in [-0.15, -0.1) is 0 Å². The minimum atomic E-state index is -0.0765. The molecule has 0 radical (unpaired) electrons. The van der Waals surface area contributed by atoms with E-state index in [0.29, 0.717) is 22.8 Å². The number of aromatic nitrogens is 2. The molecule has 1 heterocycles. The van der Waals surface area contributed by atoms with E-state index in [-0.39, 0.29) is 5.78 Å². The number of hydrogen-bond acceptors (Lipinski definition) is 4. The van der Waals surface area contributed by atoms with Crippen LogP contribution in [0.1, 0.15) is 15.9 Å². The highest BCUT2D eigenvalue weighted by Crippen LogP contribution is 2.31. The number of benzene rings is 4. The Morgan fingerprint density at radius 1 is 0.727 bits per heavy atom. The van der Waals surface area contributed by atoms with Crippen LogP contribution in [0, 0.1) is 0 Å². The normalized spacial score (nSPS) is 10.8. The summed E-state index contributed by atoms with van der Waals surface area (Å²) >= 11 is 7.04. The van der Waals surface area contributed by atoms with Crippen molar-refractivity contribution in [3.8, 4) is 11.3 Å². The van der Waals surface area contributed by atoms with Gasteiger partial charge < -0.3 is 5.32 Å². The van der Waals surface area contributed by atoms with Crippen molar-refractivity contribution < 1.29 is 4.79 Å². The third-order valence-electron chi connectivity index (χ3n) is 5.21. The zero-order chi connectivity index (χ0) is 22.8. The van der Waals surface area contributed by atoms with E-state index >= 15 is 0 Å². The van der Waals surface area contributed by atoms with E-state index in [1.54, 1.807) is 0 Å². The van der Waals surface area contributed by atoms with E-state index in [4.69, 9.17) is 9.97 Å². The van der Waals surface area contributed by atoms with Gasteiger partial charge in [0.2, 0.25) is 5.95 Å². The zero-order valence-corrected chi connectivity index (χ0v) is 20.5. The van der Waals surface area contributed by atoms with Gasteiger partial charge in [0.25, 0.3) is 0 Å². The smallest absolute Gasteiger partial charge is 0.228 e. The average Bonchev–Trinajstić information content (AvgIpc) is 2.85. The van der Waals surface area contributed by atoms with Gasteiger partial charge in [-0.2, -0.15) is 0 Å². The number of carbonyl (C=O) groups excluding carboxylic acids is 1. The van der Waals surface area contributed by atoms with E-state index in [2.05, 4.69) is 37.2 Å². The lowest BCUT2D eigenvalue weighted by Crippen LogP contribution is -2.07. The highest BCUT2D eigenvalue weighted by molar-refractivity contribution is 9.10. The summed E-state index contributed by atoms with van der Waals surface area (Å²) in [6.07, 6.45) is 0. The molecule has 0 saturated carbocycles. The fourth-order valence-electron chi connectivity index (χ4n) is 3.65. The van der Waals surface area contributed by atoms with Crippen molar-refractivity contribution in [3.05, 3.63) is 117 Å². The number of halogens is 2. The summed E-state index contributed by atoms with van der Waals surface area (Å²) in [4.78, 5) is 22.8. The molecule has 0 amide bonds. The molecule has 0 atom stereocenters. The van der Waals surface area contributed by atoms with Crippen LogP contribution in [0.4, 0.5) is 11.6 Å². The standard InChI is InChI=1S/C27H17Br2N3O/c28-19-11-13-23-21(15-19)25(17-7-3-1-4-8-17)32-27(30-23)31-24-14-12-20(29)16-22(24)26(33)18-9-5-2-6-10-18/h1-16H,(H,30,31,32). The molecule has 0 unspecified atom stereocenters. The molecule has 0 aliphatic rings. The molecule has 33 heavy (non-hydrogen) atoms. The molecule has 0 fully saturated rings. The largest absolute Gasteiger partial charge is 0.323 e. The lowest BCUT2D eigenvalue weighted by molar-refractivity contribution is 0.103. The number of ketones is 1. The Hall–Kier alpha value is -3.35. The van der Waals surface area contributed by atoms with Gasteiger partial charge in [0.1, 0.15) is 0 Å². The number of rotatable bonds is 5. The van der Waals surface area contributed by atoms with E-state index in [1.807, 2.05) is 97.1 Å². The van der Waals surface area contributed by atoms with Gasteiger partial charge in [-0.1, -0.05) is 92.5 Å². The summed E-state index contributed by atoms with van der Waals surface area (Å²) < 4.78 is 1.78. The average molecular weight is 559 g/mol. The Morgan fingerprint density at radius 2 is 1.39 bits per heavy atom. The van der Waals surface area contributed by atoms with Crippen molar-refractivity contribution in [1.82, 2.24) is 9.97 Å². The van der Waals surface area contributed by atoms with Crippen molar-refractivity contribution in [2.24, 2.45) is 0 Å². The second-order valence-electron chi connectivity index (χ2n) is 7.43. The molecule has 1 N–H and O–H groups in total. The Labute approximate surface area is 208 Å². The molecular weight excluding hydrogens is 542 g/mol. The van der Waals surface area contributed by atoms with E-state index < -0.39 is 0 Å². The molecule has 4 aromatic carbocycles. The summed E-state index contributed by atoms with van der Waals surface area (Å²) in [5.74, 6) is 0.348. The van der Waals surface area contributed by atoms with Crippen molar-refractivity contribution >= 4 is 60.2 Å². The van der Waals surface area contributed by atoms with Crippen LogP contribution in [-0.4, -0.2) is 15.8 Å². The maximum absolute atomic E-state index is 13.2. The maximum atomic E-state index is 13.2. The molecule has 0 bridgehead atoms. The molecule has 0 aliphatic carbocycles. The SMILES string of the molecule is O=C(c1ccccc1)c1cc(Br)ccc1Nc1nc(-c2ccccc2)c2cc(Br)ccc2n1. The molecular formula is C27H17Br2N3O. The molecule has 160 valence electrons. The second kappa shape index (κ2) is 9.25. The van der Waals surface area contributed by atoms with E-state index in [1.165, 1.54) is 0 Å². The fourth-order valence-corrected chi connectivity index (χ4v) is 4.37. The van der Waals surface area contributed by atoms with Crippen LogP contribution >= 0.6 is 31.9 Å². The predicted octanol–water partition coefficient (Wildman–Crippen LogP) is 7.80. The Balaban J connectivity index is 1.62. The molecule has 0 spiro atoms. The topological polar surface area (TPSA) is 54.9 Å². The van der Waals surface area contributed by atoms with Gasteiger partial charge in [0.05, 0.1) is 16.9 Å². The number of carbonyl (C=O) groups is 1. The summed E-state index contributed by atoms with van der Waals surface area (Å²) in [5.41, 5.74) is 4.41. The van der Waals surface area contributed by atoms with Crippen LogP contribution in [0.2, 0.25) is 0 Å². The Kier molecular flexibility index (Phi) is 6.03. The zero-order valence-electron chi connectivity index (χ0n) is 17.3. The van der Waals surface area contributed by atoms with Crippen LogP contribution in [0.3, 0.4) is 0 Å². The fraction of sp³-hybridized carbons (Fsp3) is 0. The van der Waals surface area contributed by atoms with Crippen LogP contribution in [0.25, 0.3) is 22.2 Å². The molecule has 6 heteroatoms. The quantitative estimate of drug-likeness (QED) is 0.224. The van der Waals surface area contributed by atoms with E-state index in [0.717, 1.165) is 31.1 Å². The summed E-state index contributed by atoms with van der Waals surface area (Å²) in [7, 11) is 0. The maximum Gasteiger partial charge on any atom is 0.228 e. The Bertz CT molecular complexity index is 1470. The summed E-state index contributed by atoms with van der Waals surface area (Å²) in [5, 5.41) is 4.23. The van der Waals surface area contributed by atoms with Gasteiger partial charge in [0.15, 0.2) is 5.78 Å². The number of fused-ring (bicyclic) bond motifs is 1. The van der Waals surface area contributed by atoms with Crippen LogP contribution < -0.4 is 5.32 Å². The van der Waals surface area contributed by atoms with Crippen molar-refractivity contribution in [1.29, 1.82) is 0 Å². The molecule has 0 saturated heterocycles. The van der Waals surface area contributed by atoms with Gasteiger partial charge in [-0.05, 0) is 36.4 Å². The number of anilines is 2. The van der Waals surface area contributed by atoms with Gasteiger partial charge >= 0.3 is 0 Å². The molecule has 5 rings (SSSR count). The first-order valence-electron chi connectivity index (χ1n) is 10.3. The van der Waals surface area contributed by atoms with E-state index in [9.17, 15) is 4.79 Å². The molecule has 4 nitrogen and oxygen atoms in total. The number of hydrogen-bond donors (Lipinski definition) is 1.